The number of benzene rings is 1. The molecule has 1 amide bonds. The Hall–Kier alpha value is -1.95. The minimum absolute atomic E-state index is 0.0536. The number of amides is 1. The molecule has 104 valence electrons. The Kier molecular flexibility index (Phi) is 4.61. The summed E-state index contributed by atoms with van der Waals surface area (Å²) in [5.74, 6) is -0.250. The highest BCUT2D eigenvalue weighted by Gasteiger charge is 2.22. The topological polar surface area (TPSA) is 83.7 Å². The molecule has 0 saturated heterocycles. The van der Waals surface area contributed by atoms with Crippen LogP contribution in [-0.2, 0) is 0 Å². The lowest BCUT2D eigenvalue weighted by molar-refractivity contribution is -0.384. The maximum atomic E-state index is 12.2. The summed E-state index contributed by atoms with van der Waals surface area (Å²) in [6.45, 7) is 5.73. The maximum absolute atomic E-state index is 12.2. The first kappa shape index (κ1) is 15.1. The van der Waals surface area contributed by atoms with Gasteiger partial charge in [0.25, 0.3) is 11.6 Å². The van der Waals surface area contributed by atoms with E-state index in [-0.39, 0.29) is 18.1 Å². The van der Waals surface area contributed by atoms with E-state index < -0.39 is 10.5 Å². The van der Waals surface area contributed by atoms with E-state index in [1.54, 1.807) is 13.8 Å². The van der Waals surface area contributed by atoms with Crippen LogP contribution in [0.2, 0.25) is 0 Å². The Morgan fingerprint density at radius 1 is 1.37 bits per heavy atom. The van der Waals surface area contributed by atoms with Crippen LogP contribution in [-0.4, -0.2) is 39.5 Å². The van der Waals surface area contributed by atoms with Gasteiger partial charge in [-0.1, -0.05) is 0 Å². The molecule has 1 N–H and O–H groups in total. The van der Waals surface area contributed by atoms with E-state index in [4.69, 9.17) is 0 Å². The highest BCUT2D eigenvalue weighted by Crippen LogP contribution is 2.15. The van der Waals surface area contributed by atoms with Crippen molar-refractivity contribution in [2.75, 3.05) is 13.1 Å². The summed E-state index contributed by atoms with van der Waals surface area (Å²) in [7, 11) is 0. The number of nitro groups is 1. The third-order valence-corrected chi connectivity index (χ3v) is 2.57. The standard InChI is InChI=1S/C13H18N2O4/c1-4-14(9-13(2,3)17)12(16)10-5-7-11(8-6-10)15(18)19/h5-8,17H,4,9H2,1-3H3. The van der Waals surface area contributed by atoms with Crippen molar-refractivity contribution < 1.29 is 14.8 Å². The van der Waals surface area contributed by atoms with Crippen molar-refractivity contribution in [2.24, 2.45) is 0 Å². The largest absolute Gasteiger partial charge is 0.389 e. The number of aliphatic hydroxyl groups is 1. The Morgan fingerprint density at radius 2 is 1.89 bits per heavy atom. The van der Waals surface area contributed by atoms with Crippen LogP contribution in [0.3, 0.4) is 0 Å². The zero-order valence-corrected chi connectivity index (χ0v) is 11.3. The molecule has 0 aliphatic heterocycles. The van der Waals surface area contributed by atoms with E-state index in [0.717, 1.165) is 0 Å². The van der Waals surface area contributed by atoms with Crippen LogP contribution in [0.15, 0.2) is 24.3 Å². The van der Waals surface area contributed by atoms with Gasteiger partial charge in [-0.15, -0.1) is 0 Å². The monoisotopic (exact) mass is 266 g/mol. The fraction of sp³-hybridized carbons (Fsp3) is 0.462. The Morgan fingerprint density at radius 3 is 2.26 bits per heavy atom. The first-order valence-electron chi connectivity index (χ1n) is 6.00. The zero-order valence-electron chi connectivity index (χ0n) is 11.3. The zero-order chi connectivity index (χ0) is 14.6. The number of nitrogens with zero attached hydrogens (tertiary/aromatic N) is 2. The second-order valence-corrected chi connectivity index (χ2v) is 4.94. The molecule has 1 rings (SSSR count). The number of carbonyl (C=O) groups is 1. The van der Waals surface area contributed by atoms with E-state index in [9.17, 15) is 20.0 Å². The number of non-ortho nitro benzene ring substituents is 1. The molecule has 1 aromatic rings. The van der Waals surface area contributed by atoms with Crippen molar-refractivity contribution in [3.05, 3.63) is 39.9 Å². The van der Waals surface area contributed by atoms with Gasteiger partial charge >= 0.3 is 0 Å². The number of hydrogen-bond donors (Lipinski definition) is 1. The molecule has 6 heteroatoms. The van der Waals surface area contributed by atoms with E-state index in [0.29, 0.717) is 12.1 Å². The highest BCUT2D eigenvalue weighted by atomic mass is 16.6. The normalized spacial score (nSPS) is 11.2. The van der Waals surface area contributed by atoms with E-state index in [1.807, 2.05) is 6.92 Å². The van der Waals surface area contributed by atoms with Crippen molar-refractivity contribution in [3.63, 3.8) is 0 Å². The van der Waals surface area contributed by atoms with Gasteiger partial charge in [-0.2, -0.15) is 0 Å². The molecule has 0 saturated carbocycles. The predicted molar refractivity (Wildman–Crippen MR) is 71.0 cm³/mol. The number of likely N-dealkylation sites (N-methyl/N-ethyl adjacent to an activating group) is 1. The SMILES string of the molecule is CCN(CC(C)(C)O)C(=O)c1ccc([N+](=O)[O-])cc1. The molecular formula is C13H18N2O4. The Balaban J connectivity index is 2.88. The average Bonchev–Trinajstić information content (AvgIpc) is 2.34. The van der Waals surface area contributed by atoms with Crippen LogP contribution in [0.5, 0.6) is 0 Å². The predicted octanol–water partition coefficient (Wildman–Crippen LogP) is 1.83. The Bertz CT molecular complexity index is 463. The molecule has 6 nitrogen and oxygen atoms in total. The number of hydrogen-bond acceptors (Lipinski definition) is 4. The number of carbonyl (C=O) groups excluding carboxylic acids is 1. The molecule has 19 heavy (non-hydrogen) atoms. The molecule has 0 fully saturated rings. The van der Waals surface area contributed by atoms with Crippen LogP contribution in [0.25, 0.3) is 0 Å². The van der Waals surface area contributed by atoms with Crippen molar-refractivity contribution in [3.8, 4) is 0 Å². The molecule has 0 aliphatic rings. The van der Waals surface area contributed by atoms with Crippen molar-refractivity contribution in [1.29, 1.82) is 0 Å². The van der Waals surface area contributed by atoms with Crippen molar-refractivity contribution in [1.82, 2.24) is 4.90 Å². The maximum Gasteiger partial charge on any atom is 0.269 e. The van der Waals surface area contributed by atoms with Crippen molar-refractivity contribution in [2.45, 2.75) is 26.4 Å². The van der Waals surface area contributed by atoms with Gasteiger partial charge in [0.15, 0.2) is 0 Å². The second kappa shape index (κ2) is 5.79. The summed E-state index contributed by atoms with van der Waals surface area (Å²) >= 11 is 0. The van der Waals surface area contributed by atoms with Crippen LogP contribution in [0, 0.1) is 10.1 Å². The Labute approximate surface area is 111 Å². The van der Waals surface area contributed by atoms with Gasteiger partial charge < -0.3 is 10.0 Å². The van der Waals surface area contributed by atoms with Gasteiger partial charge in [0.2, 0.25) is 0 Å². The van der Waals surface area contributed by atoms with E-state index in [2.05, 4.69) is 0 Å². The van der Waals surface area contributed by atoms with Crippen LogP contribution in [0.4, 0.5) is 5.69 Å². The number of rotatable bonds is 5. The number of nitro benzene ring substituents is 1. The van der Waals surface area contributed by atoms with Gasteiger partial charge in [-0.25, -0.2) is 0 Å². The highest BCUT2D eigenvalue weighted by molar-refractivity contribution is 5.94. The third kappa shape index (κ3) is 4.33. The molecular weight excluding hydrogens is 248 g/mol. The van der Waals surface area contributed by atoms with Gasteiger partial charge in [-0.05, 0) is 32.9 Å². The summed E-state index contributed by atoms with van der Waals surface area (Å²) in [5.41, 5.74) is -0.661. The summed E-state index contributed by atoms with van der Waals surface area (Å²) in [5, 5.41) is 20.3. The van der Waals surface area contributed by atoms with E-state index in [1.165, 1.54) is 29.2 Å². The summed E-state index contributed by atoms with van der Waals surface area (Å²) in [4.78, 5) is 23.7. The molecule has 0 bridgehead atoms. The van der Waals surface area contributed by atoms with Crippen LogP contribution in [0.1, 0.15) is 31.1 Å². The summed E-state index contributed by atoms with van der Waals surface area (Å²) in [6.07, 6.45) is 0. The molecule has 0 heterocycles. The molecule has 0 radical (unpaired) electrons. The molecule has 0 spiro atoms. The van der Waals surface area contributed by atoms with Gasteiger partial charge in [-0.3, -0.25) is 14.9 Å². The minimum Gasteiger partial charge on any atom is -0.389 e. The van der Waals surface area contributed by atoms with Gasteiger partial charge in [0.1, 0.15) is 0 Å². The first-order valence-corrected chi connectivity index (χ1v) is 6.00. The lowest BCUT2D eigenvalue weighted by Crippen LogP contribution is -2.42. The molecule has 0 unspecified atom stereocenters. The third-order valence-electron chi connectivity index (χ3n) is 2.57. The van der Waals surface area contributed by atoms with Crippen LogP contribution >= 0.6 is 0 Å². The minimum atomic E-state index is -0.980. The van der Waals surface area contributed by atoms with Gasteiger partial charge in [0, 0.05) is 30.8 Å². The fourth-order valence-electron chi connectivity index (χ4n) is 1.70. The average molecular weight is 266 g/mol. The molecule has 0 aliphatic carbocycles. The fourth-order valence-corrected chi connectivity index (χ4v) is 1.70. The summed E-state index contributed by atoms with van der Waals surface area (Å²) < 4.78 is 0. The van der Waals surface area contributed by atoms with Crippen LogP contribution < -0.4 is 0 Å². The quantitative estimate of drug-likeness (QED) is 0.651. The summed E-state index contributed by atoms with van der Waals surface area (Å²) in [6, 6.07) is 5.44. The lowest BCUT2D eigenvalue weighted by Gasteiger charge is -2.28. The van der Waals surface area contributed by atoms with E-state index >= 15 is 0 Å². The molecule has 0 atom stereocenters. The second-order valence-electron chi connectivity index (χ2n) is 4.94. The smallest absolute Gasteiger partial charge is 0.269 e. The van der Waals surface area contributed by atoms with Crippen molar-refractivity contribution >= 4 is 11.6 Å². The lowest BCUT2D eigenvalue weighted by atomic mass is 10.1. The molecule has 0 aromatic heterocycles. The van der Waals surface area contributed by atoms with Gasteiger partial charge in [0.05, 0.1) is 10.5 Å². The molecule has 1 aromatic carbocycles. The first-order chi connectivity index (χ1) is 8.74.